The quantitative estimate of drug-likeness (QED) is 0.399. The van der Waals surface area contributed by atoms with Crippen LogP contribution in [0.25, 0.3) is 11.1 Å². The summed E-state index contributed by atoms with van der Waals surface area (Å²) in [6.45, 7) is 2.10. The average Bonchev–Trinajstić information content (AvgIpc) is 2.67. The van der Waals surface area contributed by atoms with Gasteiger partial charge in [0, 0.05) is 0 Å². The van der Waals surface area contributed by atoms with Crippen LogP contribution >= 0.6 is 0 Å². The van der Waals surface area contributed by atoms with Gasteiger partial charge in [0.1, 0.15) is 0 Å². The molecule has 0 atom stereocenters. The number of rotatable bonds is 6. The van der Waals surface area contributed by atoms with Crippen LogP contribution < -0.4 is 0 Å². The summed E-state index contributed by atoms with van der Waals surface area (Å²) in [7, 11) is 0. The van der Waals surface area contributed by atoms with Gasteiger partial charge in [0.25, 0.3) is 0 Å². The molecule has 3 rings (SSSR count). The van der Waals surface area contributed by atoms with Gasteiger partial charge in [-0.05, 0) is 0 Å². The number of hydrogen-bond donors (Lipinski definition) is 0. The van der Waals surface area contributed by atoms with Crippen LogP contribution in [0, 0.1) is 6.92 Å². The molecule has 0 aliphatic rings. The topological polar surface area (TPSA) is 17.1 Å². The molecule has 3 heteroatoms. The van der Waals surface area contributed by atoms with E-state index in [2.05, 4.69) is 46.8 Å². The minimum atomic E-state index is 0.126. The number of hydrogen-bond acceptors (Lipinski definition) is 1. The first-order valence-electron chi connectivity index (χ1n) is 8.06. The summed E-state index contributed by atoms with van der Waals surface area (Å²) in [5, 5.41) is 0.578. The third-order valence-corrected chi connectivity index (χ3v) is 7.62. The molecule has 0 aromatic heterocycles. The van der Waals surface area contributed by atoms with Gasteiger partial charge in [-0.3, -0.25) is 0 Å². The van der Waals surface area contributed by atoms with Crippen molar-refractivity contribution in [2.45, 2.75) is 12.2 Å². The summed E-state index contributed by atoms with van der Waals surface area (Å²) in [5.74, 6) is 0.209. The van der Waals surface area contributed by atoms with Gasteiger partial charge in [0.2, 0.25) is 0 Å². The fourth-order valence-electron chi connectivity index (χ4n) is 2.57. The molecule has 0 saturated heterocycles. The molecule has 0 amide bonds. The summed E-state index contributed by atoms with van der Waals surface area (Å²) in [5.41, 5.74) is 5.58. The number of benzene rings is 3. The average molecular weight is 456 g/mol. The molecule has 0 spiro atoms. The fourth-order valence-corrected chi connectivity index (χ4v) is 5.40. The zero-order valence-corrected chi connectivity index (χ0v) is 17.4. The molecule has 0 bridgehead atoms. The summed E-state index contributed by atoms with van der Waals surface area (Å²) in [6, 6.07) is 26.4. The molecular weight excluding hydrogens is 438 g/mol. The third-order valence-electron chi connectivity index (χ3n) is 4.01. The zero-order chi connectivity index (χ0) is 17.6. The summed E-state index contributed by atoms with van der Waals surface area (Å²) >= 11 is 3.29. The van der Waals surface area contributed by atoms with Crippen molar-refractivity contribution < 1.29 is 4.79 Å². The minimum absolute atomic E-state index is 0.126. The maximum absolute atomic E-state index is 12.5. The normalized spacial score (nSPS) is 10.4. The van der Waals surface area contributed by atoms with Crippen LogP contribution in [0.4, 0.5) is 0 Å². The molecule has 0 radical (unpaired) electrons. The number of carbonyl (C=O) groups is 1. The SMILES string of the molecule is Cc1ccccc1C(=[Se])[Se]CC(=O)c1ccc(-c2ccccc2)cc1. The van der Waals surface area contributed by atoms with E-state index in [0.29, 0.717) is 5.32 Å². The van der Waals surface area contributed by atoms with Gasteiger partial charge >= 0.3 is 163 Å². The molecule has 1 nitrogen and oxygen atoms in total. The summed E-state index contributed by atoms with van der Waals surface area (Å²) < 4.78 is 1.21. The fraction of sp³-hybridized carbons (Fsp3) is 0.0909. The monoisotopic (exact) mass is 458 g/mol. The number of carbonyl (C=O) groups excluding carboxylic acids is 1. The Morgan fingerprint density at radius 3 is 2.12 bits per heavy atom. The van der Waals surface area contributed by atoms with Crippen LogP contribution in [0.5, 0.6) is 0 Å². The Kier molecular flexibility index (Phi) is 6.18. The molecule has 124 valence electrons. The van der Waals surface area contributed by atoms with Crippen LogP contribution in [-0.4, -0.2) is 39.6 Å². The van der Waals surface area contributed by atoms with E-state index in [9.17, 15) is 4.79 Å². The molecule has 0 saturated carbocycles. The van der Waals surface area contributed by atoms with E-state index in [4.69, 9.17) is 0 Å². The second-order valence-electron chi connectivity index (χ2n) is 5.76. The van der Waals surface area contributed by atoms with Crippen molar-refractivity contribution in [1.82, 2.24) is 0 Å². The molecule has 0 fully saturated rings. The third kappa shape index (κ3) is 4.65. The second kappa shape index (κ2) is 8.56. The molecule has 3 aromatic rings. The molecular formula is C22H18OSe2. The van der Waals surface area contributed by atoms with Crippen molar-refractivity contribution in [3.8, 4) is 11.1 Å². The van der Waals surface area contributed by atoms with Crippen molar-refractivity contribution >= 4 is 39.6 Å². The van der Waals surface area contributed by atoms with Crippen molar-refractivity contribution in [2.24, 2.45) is 0 Å². The maximum atomic E-state index is 12.5. The predicted molar refractivity (Wildman–Crippen MR) is 108 cm³/mol. The molecule has 3 aromatic carbocycles. The molecule has 0 aliphatic heterocycles. The van der Waals surface area contributed by atoms with Gasteiger partial charge in [0.15, 0.2) is 0 Å². The Morgan fingerprint density at radius 2 is 1.44 bits per heavy atom. The van der Waals surface area contributed by atoms with E-state index in [1.54, 1.807) is 0 Å². The van der Waals surface area contributed by atoms with Crippen molar-refractivity contribution in [1.29, 1.82) is 0 Å². The number of ketones is 1. The van der Waals surface area contributed by atoms with Crippen LogP contribution in [0.3, 0.4) is 0 Å². The van der Waals surface area contributed by atoms with Crippen molar-refractivity contribution in [3.63, 3.8) is 0 Å². The van der Waals surface area contributed by atoms with Gasteiger partial charge in [-0.15, -0.1) is 0 Å². The van der Waals surface area contributed by atoms with E-state index < -0.39 is 0 Å². The molecule has 0 heterocycles. The van der Waals surface area contributed by atoms with Gasteiger partial charge in [-0.2, -0.15) is 0 Å². The first-order valence-corrected chi connectivity index (χ1v) is 11.0. The van der Waals surface area contributed by atoms with Crippen molar-refractivity contribution in [3.05, 3.63) is 95.6 Å². The van der Waals surface area contributed by atoms with Gasteiger partial charge in [-0.25, -0.2) is 0 Å². The first kappa shape index (κ1) is 18.0. The van der Waals surface area contributed by atoms with Gasteiger partial charge in [-0.1, -0.05) is 0 Å². The standard InChI is InChI=1S/C22H18OSe2/c1-16-7-5-6-10-20(16)22(24)25-15-21(23)19-13-11-18(12-14-19)17-8-3-2-4-9-17/h2-14H,15H2,1H3. The number of Topliss-reactive ketones (excluding diaryl/α,β-unsaturated/α-hetero) is 1. The zero-order valence-electron chi connectivity index (χ0n) is 13.9. The van der Waals surface area contributed by atoms with Crippen LogP contribution in [0.15, 0.2) is 78.9 Å². The molecule has 25 heavy (non-hydrogen) atoms. The second-order valence-corrected chi connectivity index (χ2v) is 9.99. The van der Waals surface area contributed by atoms with Crippen LogP contribution in [0.1, 0.15) is 21.5 Å². The molecule has 0 unspecified atom stereocenters. The van der Waals surface area contributed by atoms with Gasteiger partial charge < -0.3 is 0 Å². The molecule has 0 N–H and O–H groups in total. The van der Waals surface area contributed by atoms with E-state index in [1.165, 1.54) is 20.0 Å². The Balaban J connectivity index is 1.64. The Labute approximate surface area is 163 Å². The Morgan fingerprint density at radius 1 is 0.840 bits per heavy atom. The summed E-state index contributed by atoms with van der Waals surface area (Å²) in [6.07, 6.45) is 0. The van der Waals surface area contributed by atoms with E-state index in [-0.39, 0.29) is 20.7 Å². The van der Waals surface area contributed by atoms with E-state index in [0.717, 1.165) is 11.1 Å². The van der Waals surface area contributed by atoms with Crippen LogP contribution in [0.2, 0.25) is 5.32 Å². The summed E-state index contributed by atoms with van der Waals surface area (Å²) in [4.78, 5) is 12.5. The van der Waals surface area contributed by atoms with Gasteiger partial charge in [0.05, 0.1) is 0 Å². The predicted octanol–water partition coefficient (Wildman–Crippen LogP) is 4.31. The first-order chi connectivity index (χ1) is 12.1. The van der Waals surface area contributed by atoms with E-state index >= 15 is 0 Å². The Bertz CT molecular complexity index is 883. The Hall–Kier alpha value is -1.76. The molecule has 0 aliphatic carbocycles. The number of aryl methyl sites for hydroxylation is 1. The van der Waals surface area contributed by atoms with Crippen molar-refractivity contribution in [2.75, 3.05) is 0 Å². The van der Waals surface area contributed by atoms with Crippen LogP contribution in [-0.2, 0) is 0 Å². The van der Waals surface area contributed by atoms with E-state index in [1.807, 2.05) is 54.6 Å².